The third-order valence-corrected chi connectivity index (χ3v) is 4.86. The first kappa shape index (κ1) is 20.0. The minimum absolute atomic E-state index is 0.267. The Labute approximate surface area is 180 Å². The molecule has 0 saturated heterocycles. The first-order chi connectivity index (χ1) is 15.2. The summed E-state index contributed by atoms with van der Waals surface area (Å²) in [6, 6.07) is 27.0. The number of rotatable bonds is 6. The Balaban J connectivity index is 1.87. The van der Waals surface area contributed by atoms with E-state index in [-0.39, 0.29) is 5.88 Å². The van der Waals surface area contributed by atoms with Crippen LogP contribution in [0.2, 0.25) is 0 Å². The summed E-state index contributed by atoms with van der Waals surface area (Å²) in [7, 11) is 3.24. The first-order valence-corrected chi connectivity index (χ1v) is 9.68. The molecule has 0 saturated carbocycles. The fourth-order valence-electron chi connectivity index (χ4n) is 3.26. The Bertz CT molecular complexity index is 1230. The highest BCUT2D eigenvalue weighted by molar-refractivity contribution is 5.90. The molecule has 0 fully saturated rings. The Morgan fingerprint density at radius 3 is 1.94 bits per heavy atom. The van der Waals surface area contributed by atoms with Crippen molar-refractivity contribution in [2.75, 3.05) is 14.2 Å². The van der Waals surface area contributed by atoms with Gasteiger partial charge < -0.3 is 13.9 Å². The molecule has 0 atom stereocenters. The van der Waals surface area contributed by atoms with Crippen LogP contribution in [0.15, 0.2) is 88.3 Å². The van der Waals surface area contributed by atoms with Crippen LogP contribution in [0.4, 0.5) is 5.88 Å². The molecule has 5 nitrogen and oxygen atoms in total. The molecular weight excluding hydrogens is 388 g/mol. The van der Waals surface area contributed by atoms with E-state index in [9.17, 15) is 5.26 Å². The number of furan rings is 1. The molecule has 0 amide bonds. The molecule has 0 radical (unpaired) electrons. The molecule has 0 unspecified atom stereocenters. The van der Waals surface area contributed by atoms with Gasteiger partial charge >= 0.3 is 0 Å². The molecule has 4 rings (SSSR count). The minimum atomic E-state index is 0.267. The maximum Gasteiger partial charge on any atom is 0.238 e. The van der Waals surface area contributed by atoms with E-state index in [4.69, 9.17) is 13.9 Å². The highest BCUT2D eigenvalue weighted by Gasteiger charge is 2.23. The zero-order valence-electron chi connectivity index (χ0n) is 17.2. The second-order valence-corrected chi connectivity index (χ2v) is 6.72. The summed E-state index contributed by atoms with van der Waals surface area (Å²) in [5.74, 6) is 2.32. The van der Waals surface area contributed by atoms with E-state index in [1.165, 1.54) is 0 Å². The molecule has 31 heavy (non-hydrogen) atoms. The molecule has 152 valence electrons. The Morgan fingerprint density at radius 2 is 1.39 bits per heavy atom. The number of benzene rings is 3. The number of nitrogens with zero attached hydrogens (tertiary/aromatic N) is 2. The van der Waals surface area contributed by atoms with Crippen molar-refractivity contribution in [3.8, 4) is 40.0 Å². The van der Waals surface area contributed by atoms with Crippen molar-refractivity contribution in [2.45, 2.75) is 0 Å². The van der Waals surface area contributed by atoms with Crippen molar-refractivity contribution >= 4 is 12.1 Å². The van der Waals surface area contributed by atoms with Crippen molar-refractivity contribution in [3.63, 3.8) is 0 Å². The van der Waals surface area contributed by atoms with Gasteiger partial charge in [-0.2, -0.15) is 5.26 Å². The van der Waals surface area contributed by atoms with Crippen LogP contribution in [0.5, 0.6) is 11.5 Å². The standard InChI is InChI=1S/C26H20N2O3/c1-29-21-12-8-19(9-13-21)24-23(16-27)26(28-17-18-6-4-3-5-7-18)31-25(24)20-10-14-22(30-2)15-11-20/h3-15,17H,1-2H3/b28-17+. The molecule has 0 aliphatic heterocycles. The lowest BCUT2D eigenvalue weighted by Gasteiger charge is -2.06. The molecule has 1 heterocycles. The summed E-state index contributed by atoms with van der Waals surface area (Å²) in [5.41, 5.74) is 3.65. The van der Waals surface area contributed by atoms with Gasteiger partial charge in [-0.05, 0) is 47.5 Å². The molecule has 3 aromatic carbocycles. The maximum atomic E-state index is 9.97. The van der Waals surface area contributed by atoms with Crippen LogP contribution < -0.4 is 9.47 Å². The Hall–Kier alpha value is -4.30. The van der Waals surface area contributed by atoms with Crippen molar-refractivity contribution in [2.24, 2.45) is 4.99 Å². The Kier molecular flexibility index (Phi) is 5.82. The van der Waals surface area contributed by atoms with E-state index in [0.717, 1.165) is 28.2 Å². The van der Waals surface area contributed by atoms with E-state index in [1.54, 1.807) is 20.4 Å². The maximum absolute atomic E-state index is 9.97. The van der Waals surface area contributed by atoms with Gasteiger partial charge in [0.15, 0.2) is 0 Å². The number of ether oxygens (including phenoxy) is 2. The predicted octanol–water partition coefficient (Wildman–Crippen LogP) is 6.25. The van der Waals surface area contributed by atoms with Gasteiger partial charge in [0.1, 0.15) is 28.9 Å². The van der Waals surface area contributed by atoms with Gasteiger partial charge in [0.05, 0.1) is 14.2 Å². The quantitative estimate of drug-likeness (QED) is 0.354. The molecule has 4 aromatic rings. The number of nitriles is 1. The smallest absolute Gasteiger partial charge is 0.238 e. The third-order valence-electron chi connectivity index (χ3n) is 4.86. The summed E-state index contributed by atoms with van der Waals surface area (Å²) in [6.07, 6.45) is 1.69. The van der Waals surface area contributed by atoms with Crippen LogP contribution in [-0.2, 0) is 0 Å². The van der Waals surface area contributed by atoms with E-state index in [2.05, 4.69) is 11.1 Å². The van der Waals surface area contributed by atoms with Gasteiger partial charge in [0.2, 0.25) is 5.88 Å². The molecule has 0 aliphatic carbocycles. The van der Waals surface area contributed by atoms with E-state index < -0.39 is 0 Å². The van der Waals surface area contributed by atoms with Crippen molar-refractivity contribution in [3.05, 3.63) is 90.0 Å². The molecule has 0 N–H and O–H groups in total. The second-order valence-electron chi connectivity index (χ2n) is 6.72. The van der Waals surface area contributed by atoms with Gasteiger partial charge in [-0.3, -0.25) is 0 Å². The third kappa shape index (κ3) is 4.19. The topological polar surface area (TPSA) is 67.8 Å². The Morgan fingerprint density at radius 1 is 0.806 bits per heavy atom. The first-order valence-electron chi connectivity index (χ1n) is 9.68. The SMILES string of the molecule is COc1ccc(-c2oc(/N=C/c3ccccc3)c(C#N)c2-c2ccc(OC)cc2)cc1. The fourth-order valence-corrected chi connectivity index (χ4v) is 3.26. The second kappa shape index (κ2) is 9.02. The minimum Gasteiger partial charge on any atom is -0.497 e. The van der Waals surface area contributed by atoms with Crippen LogP contribution in [0.25, 0.3) is 22.5 Å². The fraction of sp³-hybridized carbons (Fsp3) is 0.0769. The van der Waals surface area contributed by atoms with Crippen LogP contribution >= 0.6 is 0 Å². The summed E-state index contributed by atoms with van der Waals surface area (Å²) in [4.78, 5) is 4.48. The van der Waals surface area contributed by atoms with Crippen molar-refractivity contribution in [1.82, 2.24) is 0 Å². The van der Waals surface area contributed by atoms with E-state index in [1.807, 2.05) is 78.9 Å². The van der Waals surface area contributed by atoms with Crippen LogP contribution in [-0.4, -0.2) is 20.4 Å². The van der Waals surface area contributed by atoms with Gasteiger partial charge in [-0.1, -0.05) is 42.5 Å². The van der Waals surface area contributed by atoms with Crippen LogP contribution in [0.3, 0.4) is 0 Å². The average Bonchev–Trinajstić information content (AvgIpc) is 3.22. The highest BCUT2D eigenvalue weighted by atomic mass is 16.5. The van der Waals surface area contributed by atoms with Gasteiger partial charge in [0, 0.05) is 17.3 Å². The normalized spacial score (nSPS) is 10.7. The van der Waals surface area contributed by atoms with Gasteiger partial charge in [0.25, 0.3) is 0 Å². The lowest BCUT2D eigenvalue weighted by atomic mass is 9.98. The van der Waals surface area contributed by atoms with Gasteiger partial charge in [-0.15, -0.1) is 0 Å². The van der Waals surface area contributed by atoms with Crippen LogP contribution in [0.1, 0.15) is 11.1 Å². The molecule has 0 spiro atoms. The number of aliphatic imine (C=N–C) groups is 1. The molecule has 0 aliphatic rings. The van der Waals surface area contributed by atoms with Crippen molar-refractivity contribution in [1.29, 1.82) is 5.26 Å². The summed E-state index contributed by atoms with van der Waals surface area (Å²) >= 11 is 0. The number of hydrogen-bond acceptors (Lipinski definition) is 5. The largest absolute Gasteiger partial charge is 0.497 e. The molecule has 0 bridgehead atoms. The zero-order chi connectivity index (χ0) is 21.6. The average molecular weight is 408 g/mol. The van der Waals surface area contributed by atoms with Gasteiger partial charge in [-0.25, -0.2) is 4.99 Å². The molecule has 5 heteroatoms. The van der Waals surface area contributed by atoms with E-state index in [0.29, 0.717) is 16.9 Å². The summed E-state index contributed by atoms with van der Waals surface area (Å²) in [5, 5.41) is 9.97. The van der Waals surface area contributed by atoms with E-state index >= 15 is 0 Å². The lowest BCUT2D eigenvalue weighted by Crippen LogP contribution is -1.87. The lowest BCUT2D eigenvalue weighted by molar-refractivity contribution is 0.414. The predicted molar refractivity (Wildman–Crippen MR) is 121 cm³/mol. The number of hydrogen-bond donors (Lipinski definition) is 0. The zero-order valence-corrected chi connectivity index (χ0v) is 17.2. The number of methoxy groups -OCH3 is 2. The summed E-state index contributed by atoms with van der Waals surface area (Å²) < 4.78 is 16.7. The van der Waals surface area contributed by atoms with Crippen molar-refractivity contribution < 1.29 is 13.9 Å². The molecular formula is C26H20N2O3. The summed E-state index contributed by atoms with van der Waals surface area (Å²) in [6.45, 7) is 0. The van der Waals surface area contributed by atoms with Crippen LogP contribution in [0, 0.1) is 11.3 Å². The monoisotopic (exact) mass is 408 g/mol. The molecule has 1 aromatic heterocycles. The highest BCUT2D eigenvalue weighted by Crippen LogP contribution is 2.43.